The molecule has 2 aliphatic rings. The van der Waals surface area contributed by atoms with Crippen molar-refractivity contribution < 1.29 is 9.00 Å². The number of nitrogens with one attached hydrogen (secondary N) is 1. The molecule has 0 aromatic carbocycles. The van der Waals surface area contributed by atoms with E-state index in [1.165, 1.54) is 12.8 Å². The summed E-state index contributed by atoms with van der Waals surface area (Å²) in [6.45, 7) is 6.29. The fraction of sp³-hybridized carbons (Fsp3) is 0.464. The number of hydrogen-bond acceptors (Lipinski definition) is 9. The molecular weight excluding hydrogens is 512 g/mol. The minimum atomic E-state index is -1.10. The van der Waals surface area contributed by atoms with Crippen LogP contribution in [0.15, 0.2) is 34.5 Å². The zero-order chi connectivity index (χ0) is 27.7. The number of pyridine rings is 1. The molecule has 39 heavy (non-hydrogen) atoms. The van der Waals surface area contributed by atoms with Crippen LogP contribution in [0.25, 0.3) is 11.4 Å². The van der Waals surface area contributed by atoms with Crippen molar-refractivity contribution >= 4 is 34.4 Å². The van der Waals surface area contributed by atoms with Crippen LogP contribution in [0.1, 0.15) is 61.3 Å². The zero-order valence-electron chi connectivity index (χ0n) is 23.0. The second-order valence-electron chi connectivity index (χ2n) is 10.4. The number of carbonyl (C=O) groups is 1. The summed E-state index contributed by atoms with van der Waals surface area (Å²) in [4.78, 5) is 42.6. The van der Waals surface area contributed by atoms with Crippen molar-refractivity contribution in [2.45, 2.75) is 69.9 Å². The summed E-state index contributed by atoms with van der Waals surface area (Å²) in [6.07, 6.45) is 10.1. The third kappa shape index (κ3) is 6.03. The molecule has 3 heterocycles. The minimum absolute atomic E-state index is 0.158. The maximum atomic E-state index is 12.1. The Bertz CT molecular complexity index is 1430. The smallest absolute Gasteiger partial charge is 0.185 e. The van der Waals surface area contributed by atoms with Crippen molar-refractivity contribution in [3.8, 4) is 11.4 Å². The van der Waals surface area contributed by atoms with Crippen LogP contribution in [-0.4, -0.2) is 60.6 Å². The zero-order valence-corrected chi connectivity index (χ0v) is 23.8. The highest BCUT2D eigenvalue weighted by molar-refractivity contribution is 7.84. The maximum Gasteiger partial charge on any atom is 0.185 e. The van der Waals surface area contributed by atoms with E-state index in [4.69, 9.17) is 9.97 Å². The number of aldehydes is 1. The van der Waals surface area contributed by atoms with Gasteiger partial charge in [-0.1, -0.05) is 0 Å². The van der Waals surface area contributed by atoms with Gasteiger partial charge in [0.05, 0.1) is 50.6 Å². The number of amidine groups is 1. The molecule has 0 saturated heterocycles. The molecule has 2 unspecified atom stereocenters. The molecule has 204 valence electrons. The monoisotopic (exact) mass is 546 g/mol. The lowest BCUT2D eigenvalue weighted by atomic mass is 10.1. The predicted octanol–water partition coefficient (Wildman–Crippen LogP) is 4.00. The van der Waals surface area contributed by atoms with Gasteiger partial charge in [0.25, 0.3) is 0 Å². The first kappa shape index (κ1) is 27.0. The van der Waals surface area contributed by atoms with Gasteiger partial charge in [-0.3, -0.25) is 19.0 Å². The number of hydrogen-bond donors (Lipinski definition) is 1. The number of anilines is 2. The van der Waals surface area contributed by atoms with Crippen LogP contribution in [0, 0.1) is 19.8 Å². The van der Waals surface area contributed by atoms with E-state index in [1.807, 2.05) is 20.9 Å². The van der Waals surface area contributed by atoms with E-state index >= 15 is 0 Å². The van der Waals surface area contributed by atoms with Gasteiger partial charge in [0, 0.05) is 31.5 Å². The third-order valence-electron chi connectivity index (χ3n) is 7.48. The van der Waals surface area contributed by atoms with Crippen molar-refractivity contribution in [1.82, 2.24) is 24.9 Å². The second-order valence-corrected chi connectivity index (χ2v) is 11.8. The molecule has 2 fully saturated rings. The van der Waals surface area contributed by atoms with Gasteiger partial charge in [-0.25, -0.2) is 19.9 Å². The normalized spacial score (nSPS) is 17.0. The predicted molar refractivity (Wildman–Crippen MR) is 152 cm³/mol. The number of aliphatic imine (C=N–C) groups is 1. The first-order valence-corrected chi connectivity index (χ1v) is 14.8. The Balaban J connectivity index is 1.51. The summed E-state index contributed by atoms with van der Waals surface area (Å²) in [5.41, 5.74) is 4.78. The highest BCUT2D eigenvalue weighted by atomic mass is 32.2. The van der Waals surface area contributed by atoms with E-state index in [9.17, 15) is 9.00 Å². The number of rotatable bonds is 10. The molecule has 2 saturated carbocycles. The summed E-state index contributed by atoms with van der Waals surface area (Å²) in [6, 6.07) is 3.80. The molecule has 5 rings (SSSR count). The van der Waals surface area contributed by atoms with Crippen molar-refractivity contribution in [2.75, 3.05) is 23.5 Å². The van der Waals surface area contributed by atoms with Gasteiger partial charge >= 0.3 is 0 Å². The molecule has 2 atom stereocenters. The average Bonchev–Trinajstić information content (AvgIpc) is 3.84. The topological polar surface area (TPSA) is 126 Å². The molecule has 1 N–H and O–H groups in total. The number of aryl methyl sites for hydroxylation is 2. The highest BCUT2D eigenvalue weighted by Crippen LogP contribution is 2.44. The van der Waals surface area contributed by atoms with Crippen molar-refractivity contribution in [3.63, 3.8) is 0 Å². The number of nitrogens with zero attached hydrogens (tertiary/aromatic N) is 7. The van der Waals surface area contributed by atoms with Crippen LogP contribution >= 0.6 is 0 Å². The lowest BCUT2D eigenvalue weighted by Gasteiger charge is -2.29. The minimum Gasteiger partial charge on any atom is -0.355 e. The molecule has 0 radical (unpaired) electrons. The summed E-state index contributed by atoms with van der Waals surface area (Å²) >= 11 is 0. The third-order valence-corrected chi connectivity index (χ3v) is 8.38. The Morgan fingerprint density at radius 3 is 2.54 bits per heavy atom. The van der Waals surface area contributed by atoms with Crippen molar-refractivity contribution in [1.29, 1.82) is 0 Å². The van der Waals surface area contributed by atoms with Gasteiger partial charge in [-0.05, 0) is 64.5 Å². The van der Waals surface area contributed by atoms with E-state index in [2.05, 4.69) is 37.1 Å². The van der Waals surface area contributed by atoms with Gasteiger partial charge < -0.3 is 10.2 Å². The average molecular weight is 547 g/mol. The molecule has 2 aliphatic carbocycles. The Labute approximate surface area is 231 Å². The summed E-state index contributed by atoms with van der Waals surface area (Å²) < 4.78 is 11.6. The summed E-state index contributed by atoms with van der Waals surface area (Å²) in [5, 5.41) is 3.21. The Kier molecular flexibility index (Phi) is 7.79. The number of carbonyl (C=O) groups excluding carboxylic acids is 1. The lowest BCUT2D eigenvalue weighted by molar-refractivity contribution is -0.102. The summed E-state index contributed by atoms with van der Waals surface area (Å²) in [7, 11) is 0.936. The molecule has 3 aromatic heterocycles. The maximum absolute atomic E-state index is 12.1. The molecule has 10 nitrogen and oxygen atoms in total. The van der Waals surface area contributed by atoms with E-state index in [0.717, 1.165) is 29.8 Å². The van der Waals surface area contributed by atoms with E-state index in [1.54, 1.807) is 30.9 Å². The standard InChI is InChI=1S/C28H34N8O2S/c1-16-24(26(20-8-9-20)32-15-31-16)27-33-17(2)25(28(35-27)36(4)18(3)19-6-7-19)34-23(14-37)30-12-21-10-11-22(13-29-21)39(5)38/h10-11,13-15,18-20H,6-9,12H2,1-5H3,(H,30,34). The second kappa shape index (κ2) is 11.3. The van der Waals surface area contributed by atoms with Crippen LogP contribution in [0.4, 0.5) is 11.5 Å². The van der Waals surface area contributed by atoms with Crippen LogP contribution in [0.2, 0.25) is 0 Å². The van der Waals surface area contributed by atoms with Crippen LogP contribution in [0.3, 0.4) is 0 Å². The first-order valence-electron chi connectivity index (χ1n) is 13.2. The quantitative estimate of drug-likeness (QED) is 0.228. The largest absolute Gasteiger partial charge is 0.355 e. The fourth-order valence-corrected chi connectivity index (χ4v) is 5.13. The van der Waals surface area contributed by atoms with Gasteiger partial charge in [-0.15, -0.1) is 0 Å². The Morgan fingerprint density at radius 1 is 1.15 bits per heavy atom. The summed E-state index contributed by atoms with van der Waals surface area (Å²) in [5.74, 6) is 2.50. The van der Waals surface area contributed by atoms with E-state index in [0.29, 0.717) is 51.7 Å². The van der Waals surface area contributed by atoms with E-state index in [-0.39, 0.29) is 18.4 Å². The van der Waals surface area contributed by atoms with Crippen LogP contribution in [-0.2, 0) is 22.1 Å². The molecule has 11 heteroatoms. The first-order chi connectivity index (χ1) is 18.8. The van der Waals surface area contributed by atoms with Gasteiger partial charge in [0.2, 0.25) is 0 Å². The van der Waals surface area contributed by atoms with Gasteiger partial charge in [0.1, 0.15) is 12.0 Å². The number of aromatic nitrogens is 5. The highest BCUT2D eigenvalue weighted by Gasteiger charge is 2.34. The molecule has 0 aliphatic heterocycles. The SMILES string of the molecule is Cc1nc(-c2c(C)ncnc2C2CC2)nc(N(C)C(C)C2CC2)c1NC(C=O)=NCc1ccc(S(C)=O)cn1. The Hall–Kier alpha value is -3.60. The molecule has 0 spiro atoms. The molecular formula is C28H34N8O2S. The van der Waals surface area contributed by atoms with Gasteiger partial charge in [-0.2, -0.15) is 0 Å². The van der Waals surface area contributed by atoms with Gasteiger partial charge in [0.15, 0.2) is 23.8 Å². The van der Waals surface area contributed by atoms with E-state index < -0.39 is 10.8 Å². The van der Waals surface area contributed by atoms with Crippen LogP contribution in [0.5, 0.6) is 0 Å². The fourth-order valence-electron chi connectivity index (χ4n) is 4.67. The van der Waals surface area contributed by atoms with Crippen LogP contribution < -0.4 is 10.2 Å². The lowest BCUT2D eigenvalue weighted by Crippen LogP contribution is -2.33. The molecule has 0 bridgehead atoms. The van der Waals surface area contributed by atoms with Crippen molar-refractivity contribution in [2.24, 2.45) is 10.9 Å². The van der Waals surface area contributed by atoms with Crippen molar-refractivity contribution in [3.05, 3.63) is 47.4 Å². The molecule has 0 amide bonds. The Morgan fingerprint density at radius 2 is 1.92 bits per heavy atom. The molecule has 3 aromatic rings.